The highest BCUT2D eigenvalue weighted by molar-refractivity contribution is 5.50. The average molecular weight is 220 g/mol. The number of aliphatic hydroxyl groups is 1. The minimum absolute atomic E-state index is 0.345. The fourth-order valence-corrected chi connectivity index (χ4v) is 2.55. The van der Waals surface area contributed by atoms with Crippen molar-refractivity contribution >= 4 is 0 Å². The van der Waals surface area contributed by atoms with Gasteiger partial charge in [0.1, 0.15) is 13.2 Å². The summed E-state index contributed by atoms with van der Waals surface area (Å²) in [6.07, 6.45) is 1.53. The minimum atomic E-state index is -0.345. The van der Waals surface area contributed by atoms with Crippen LogP contribution in [-0.2, 0) is 0 Å². The number of aliphatic hydroxyl groups excluding tert-OH is 1. The van der Waals surface area contributed by atoms with E-state index in [2.05, 4.69) is 6.92 Å². The van der Waals surface area contributed by atoms with Gasteiger partial charge >= 0.3 is 0 Å². The van der Waals surface area contributed by atoms with Gasteiger partial charge in [-0.15, -0.1) is 0 Å². The minimum Gasteiger partial charge on any atom is -0.486 e. The summed E-state index contributed by atoms with van der Waals surface area (Å²) in [6.45, 7) is 3.40. The van der Waals surface area contributed by atoms with Gasteiger partial charge in [0.15, 0.2) is 11.5 Å². The monoisotopic (exact) mass is 220 g/mol. The van der Waals surface area contributed by atoms with Gasteiger partial charge in [0.05, 0.1) is 6.10 Å². The second-order valence-corrected chi connectivity index (χ2v) is 4.62. The van der Waals surface area contributed by atoms with Crippen LogP contribution in [0.2, 0.25) is 0 Å². The van der Waals surface area contributed by atoms with E-state index in [1.165, 1.54) is 5.56 Å². The molecule has 1 aromatic rings. The standard InChI is InChI=1S/C13H16O3/c1-8-2-3-11(14)10-7-13-12(6-9(8)10)15-4-5-16-13/h6-8,11,14H,2-5H2,1H3. The third kappa shape index (κ3) is 1.47. The van der Waals surface area contributed by atoms with Gasteiger partial charge < -0.3 is 14.6 Å². The Kier molecular flexibility index (Phi) is 2.28. The van der Waals surface area contributed by atoms with Crippen LogP contribution in [0.3, 0.4) is 0 Å². The van der Waals surface area contributed by atoms with E-state index >= 15 is 0 Å². The molecule has 0 amide bonds. The van der Waals surface area contributed by atoms with Crippen LogP contribution in [0, 0.1) is 0 Å². The normalized spacial score (nSPS) is 27.4. The molecule has 0 spiro atoms. The van der Waals surface area contributed by atoms with E-state index in [9.17, 15) is 5.11 Å². The fourth-order valence-electron chi connectivity index (χ4n) is 2.55. The van der Waals surface area contributed by atoms with E-state index in [-0.39, 0.29) is 6.10 Å². The highest BCUT2D eigenvalue weighted by Gasteiger charge is 2.26. The Balaban J connectivity index is 2.11. The van der Waals surface area contributed by atoms with Gasteiger partial charge in [-0.25, -0.2) is 0 Å². The SMILES string of the molecule is CC1CCC(O)c2cc3c(cc21)OCCO3. The molecule has 0 saturated heterocycles. The summed E-state index contributed by atoms with van der Waals surface area (Å²) in [4.78, 5) is 0. The van der Waals surface area contributed by atoms with Gasteiger partial charge in [0, 0.05) is 0 Å². The van der Waals surface area contributed by atoms with Crippen LogP contribution in [0.4, 0.5) is 0 Å². The lowest BCUT2D eigenvalue weighted by Gasteiger charge is -2.29. The van der Waals surface area contributed by atoms with Crippen molar-refractivity contribution in [3.05, 3.63) is 23.3 Å². The van der Waals surface area contributed by atoms with Gasteiger partial charge in [0.25, 0.3) is 0 Å². The molecule has 2 atom stereocenters. The topological polar surface area (TPSA) is 38.7 Å². The largest absolute Gasteiger partial charge is 0.486 e. The Morgan fingerprint density at radius 2 is 1.69 bits per heavy atom. The van der Waals surface area contributed by atoms with Crippen LogP contribution in [0.5, 0.6) is 11.5 Å². The van der Waals surface area contributed by atoms with Crippen molar-refractivity contribution in [2.45, 2.75) is 31.8 Å². The lowest BCUT2D eigenvalue weighted by Crippen LogP contribution is -2.18. The molecule has 2 aliphatic rings. The summed E-state index contributed by atoms with van der Waals surface area (Å²) in [7, 11) is 0. The van der Waals surface area contributed by atoms with Crippen molar-refractivity contribution in [3.8, 4) is 11.5 Å². The van der Waals surface area contributed by atoms with Crippen LogP contribution in [0.25, 0.3) is 0 Å². The van der Waals surface area contributed by atoms with E-state index in [1.807, 2.05) is 12.1 Å². The molecule has 3 nitrogen and oxygen atoms in total. The van der Waals surface area contributed by atoms with Crippen molar-refractivity contribution in [3.63, 3.8) is 0 Å². The van der Waals surface area contributed by atoms with E-state index in [1.54, 1.807) is 0 Å². The maximum absolute atomic E-state index is 9.98. The summed E-state index contributed by atoms with van der Waals surface area (Å²) in [5, 5.41) is 9.98. The number of benzene rings is 1. The summed E-state index contributed by atoms with van der Waals surface area (Å²) in [6, 6.07) is 3.99. The number of hydrogen-bond acceptors (Lipinski definition) is 3. The third-order valence-electron chi connectivity index (χ3n) is 3.51. The molecule has 2 unspecified atom stereocenters. The Bertz CT molecular complexity index is 375. The molecule has 0 aromatic heterocycles. The van der Waals surface area contributed by atoms with Crippen molar-refractivity contribution in [1.29, 1.82) is 0 Å². The molecular formula is C13H16O3. The summed E-state index contributed by atoms with van der Waals surface area (Å²) >= 11 is 0. The zero-order chi connectivity index (χ0) is 11.1. The first-order valence-electron chi connectivity index (χ1n) is 5.87. The average Bonchev–Trinajstić information content (AvgIpc) is 2.32. The van der Waals surface area contributed by atoms with Crippen LogP contribution in [-0.4, -0.2) is 18.3 Å². The molecule has 16 heavy (non-hydrogen) atoms. The van der Waals surface area contributed by atoms with Crippen molar-refractivity contribution in [1.82, 2.24) is 0 Å². The molecule has 1 heterocycles. The van der Waals surface area contributed by atoms with E-state index < -0.39 is 0 Å². The van der Waals surface area contributed by atoms with Crippen LogP contribution < -0.4 is 9.47 Å². The van der Waals surface area contributed by atoms with Gasteiger partial charge in [-0.1, -0.05) is 6.92 Å². The fraction of sp³-hybridized carbons (Fsp3) is 0.538. The predicted octanol–water partition coefficient (Wildman–Crippen LogP) is 2.39. The Morgan fingerprint density at radius 3 is 2.38 bits per heavy atom. The molecule has 1 aromatic carbocycles. The third-order valence-corrected chi connectivity index (χ3v) is 3.51. The number of ether oxygens (including phenoxy) is 2. The molecule has 0 saturated carbocycles. The molecule has 1 N–H and O–H groups in total. The summed E-state index contributed by atoms with van der Waals surface area (Å²) in [5.41, 5.74) is 2.23. The van der Waals surface area contributed by atoms with E-state index in [0.29, 0.717) is 19.1 Å². The summed E-state index contributed by atoms with van der Waals surface area (Å²) in [5.74, 6) is 2.10. The summed E-state index contributed by atoms with van der Waals surface area (Å²) < 4.78 is 11.1. The number of rotatable bonds is 0. The maximum atomic E-state index is 9.98. The Hall–Kier alpha value is -1.22. The highest BCUT2D eigenvalue weighted by Crippen LogP contribution is 2.43. The van der Waals surface area contributed by atoms with Gasteiger partial charge in [-0.05, 0) is 42.0 Å². The zero-order valence-electron chi connectivity index (χ0n) is 9.40. The van der Waals surface area contributed by atoms with Gasteiger partial charge in [-0.2, -0.15) is 0 Å². The van der Waals surface area contributed by atoms with Crippen molar-refractivity contribution < 1.29 is 14.6 Å². The van der Waals surface area contributed by atoms with Crippen LogP contribution >= 0.6 is 0 Å². The van der Waals surface area contributed by atoms with Crippen LogP contribution in [0.15, 0.2) is 12.1 Å². The number of hydrogen-bond donors (Lipinski definition) is 1. The highest BCUT2D eigenvalue weighted by atomic mass is 16.6. The first-order valence-corrected chi connectivity index (χ1v) is 5.87. The zero-order valence-corrected chi connectivity index (χ0v) is 9.40. The molecule has 0 radical (unpaired) electrons. The van der Waals surface area contributed by atoms with Crippen molar-refractivity contribution in [2.75, 3.05) is 13.2 Å². The smallest absolute Gasteiger partial charge is 0.161 e. The maximum Gasteiger partial charge on any atom is 0.161 e. The second kappa shape index (κ2) is 3.67. The van der Waals surface area contributed by atoms with Crippen LogP contribution in [0.1, 0.15) is 42.9 Å². The molecule has 0 fully saturated rings. The lowest BCUT2D eigenvalue weighted by molar-refractivity contribution is 0.146. The van der Waals surface area contributed by atoms with Gasteiger partial charge in [-0.3, -0.25) is 0 Å². The van der Waals surface area contributed by atoms with Gasteiger partial charge in [0.2, 0.25) is 0 Å². The van der Waals surface area contributed by atoms with E-state index in [4.69, 9.17) is 9.47 Å². The Labute approximate surface area is 95.0 Å². The molecule has 3 heteroatoms. The molecule has 1 aliphatic heterocycles. The Morgan fingerprint density at radius 1 is 1.06 bits per heavy atom. The predicted molar refractivity (Wildman–Crippen MR) is 60.0 cm³/mol. The molecule has 0 bridgehead atoms. The van der Waals surface area contributed by atoms with E-state index in [0.717, 1.165) is 29.9 Å². The molecule has 86 valence electrons. The lowest BCUT2D eigenvalue weighted by atomic mass is 9.82. The second-order valence-electron chi connectivity index (χ2n) is 4.62. The number of fused-ring (bicyclic) bond motifs is 2. The molecule has 1 aliphatic carbocycles. The van der Waals surface area contributed by atoms with Crippen molar-refractivity contribution in [2.24, 2.45) is 0 Å². The quantitative estimate of drug-likeness (QED) is 0.729. The molecular weight excluding hydrogens is 204 g/mol. The first-order chi connectivity index (χ1) is 7.75. The first kappa shape index (κ1) is 9.97. The molecule has 3 rings (SSSR count).